The number of anilines is 1. The maximum Gasteiger partial charge on any atom is 0.238 e. The first-order valence-corrected chi connectivity index (χ1v) is 12.1. The Hall–Kier alpha value is -1.76. The molecule has 2 aromatic carbocycles. The van der Waals surface area contributed by atoms with E-state index in [0.717, 1.165) is 48.6 Å². The summed E-state index contributed by atoms with van der Waals surface area (Å²) in [5.74, 6) is 1.35. The molecule has 1 aliphatic heterocycles. The van der Waals surface area contributed by atoms with Crippen LogP contribution in [0.25, 0.3) is 0 Å². The normalized spacial score (nSPS) is 18.1. The van der Waals surface area contributed by atoms with Gasteiger partial charge in [0, 0.05) is 18.1 Å². The Labute approximate surface area is 177 Å². The Balaban J connectivity index is 1.71. The van der Waals surface area contributed by atoms with E-state index >= 15 is 0 Å². The lowest BCUT2D eigenvalue weighted by molar-refractivity contribution is 0.299. The molecule has 2 N–H and O–H groups in total. The fourth-order valence-electron chi connectivity index (χ4n) is 4.08. The minimum Gasteiger partial charge on any atom is -0.487 e. The number of hydrogen-bond donors (Lipinski definition) is 1. The molecular weight excluding hydrogens is 408 g/mol. The van der Waals surface area contributed by atoms with E-state index in [1.807, 2.05) is 18.2 Å². The molecule has 5 nitrogen and oxygen atoms in total. The molecule has 0 atom stereocenters. The monoisotopic (exact) mass is 434 g/mol. The number of primary sulfonamides is 1. The third-order valence-corrected chi connectivity index (χ3v) is 7.12. The molecule has 2 aromatic rings. The molecule has 0 bridgehead atoms. The minimum absolute atomic E-state index is 0.125. The SMILES string of the molecule is NS(=O)(=O)c1ccc2c(c1)N(CC1CCC1)CCCCc1cc(Cl)ccc1CO2. The van der Waals surface area contributed by atoms with Crippen LogP contribution >= 0.6 is 11.6 Å². The van der Waals surface area contributed by atoms with Gasteiger partial charge in [0.15, 0.2) is 0 Å². The van der Waals surface area contributed by atoms with Crippen LogP contribution in [0.2, 0.25) is 5.02 Å². The molecule has 1 aliphatic carbocycles. The first kappa shape index (κ1) is 20.5. The van der Waals surface area contributed by atoms with Crippen molar-refractivity contribution in [3.05, 3.63) is 52.5 Å². The summed E-state index contributed by atoms with van der Waals surface area (Å²) in [7, 11) is -3.77. The number of halogens is 1. The van der Waals surface area contributed by atoms with Gasteiger partial charge in [-0.2, -0.15) is 0 Å². The molecule has 7 heteroatoms. The van der Waals surface area contributed by atoms with Crippen LogP contribution in [-0.2, 0) is 23.1 Å². The van der Waals surface area contributed by atoms with Crippen LogP contribution in [0.3, 0.4) is 0 Å². The van der Waals surface area contributed by atoms with Crippen molar-refractivity contribution in [1.82, 2.24) is 0 Å². The van der Waals surface area contributed by atoms with E-state index in [1.165, 1.54) is 30.9 Å². The van der Waals surface area contributed by atoms with Crippen molar-refractivity contribution in [3.63, 3.8) is 0 Å². The number of nitrogens with zero attached hydrogens (tertiary/aromatic N) is 1. The fourth-order valence-corrected chi connectivity index (χ4v) is 4.81. The zero-order valence-electron chi connectivity index (χ0n) is 16.4. The van der Waals surface area contributed by atoms with Gasteiger partial charge in [0.1, 0.15) is 12.4 Å². The van der Waals surface area contributed by atoms with Gasteiger partial charge in [-0.05, 0) is 79.5 Å². The van der Waals surface area contributed by atoms with Gasteiger partial charge in [-0.3, -0.25) is 0 Å². The molecule has 1 fully saturated rings. The van der Waals surface area contributed by atoms with Crippen LogP contribution in [0.1, 0.15) is 43.2 Å². The van der Waals surface area contributed by atoms with Crippen molar-refractivity contribution in [3.8, 4) is 5.75 Å². The fraction of sp³-hybridized carbons (Fsp3) is 0.455. The van der Waals surface area contributed by atoms with Crippen molar-refractivity contribution >= 4 is 27.3 Å². The second-order valence-corrected chi connectivity index (χ2v) is 10.1. The highest BCUT2D eigenvalue weighted by Crippen LogP contribution is 2.36. The number of hydrogen-bond acceptors (Lipinski definition) is 4. The number of fused-ring (bicyclic) bond motifs is 2. The molecule has 4 rings (SSSR count). The zero-order chi connectivity index (χ0) is 20.4. The molecule has 0 spiro atoms. The van der Waals surface area contributed by atoms with Crippen LogP contribution in [0.15, 0.2) is 41.3 Å². The van der Waals surface area contributed by atoms with Gasteiger partial charge in [0.25, 0.3) is 0 Å². The summed E-state index contributed by atoms with van der Waals surface area (Å²) in [5, 5.41) is 6.14. The zero-order valence-corrected chi connectivity index (χ0v) is 18.0. The van der Waals surface area contributed by atoms with E-state index in [9.17, 15) is 8.42 Å². The van der Waals surface area contributed by atoms with Gasteiger partial charge in [-0.25, -0.2) is 13.6 Å². The summed E-state index contributed by atoms with van der Waals surface area (Å²) in [6.45, 7) is 2.20. The second kappa shape index (κ2) is 8.54. The molecule has 0 saturated heterocycles. The van der Waals surface area contributed by atoms with Crippen LogP contribution < -0.4 is 14.8 Å². The smallest absolute Gasteiger partial charge is 0.238 e. The predicted octanol–water partition coefficient (Wildman–Crippen LogP) is 4.51. The van der Waals surface area contributed by atoms with Crippen LogP contribution in [-0.4, -0.2) is 21.5 Å². The van der Waals surface area contributed by atoms with E-state index in [2.05, 4.69) is 4.90 Å². The molecular formula is C22H27ClN2O3S. The van der Waals surface area contributed by atoms with Crippen molar-refractivity contribution in [2.45, 2.75) is 50.0 Å². The third kappa shape index (κ3) is 4.87. The molecule has 1 heterocycles. The highest BCUT2D eigenvalue weighted by Gasteiger charge is 2.24. The van der Waals surface area contributed by atoms with Gasteiger partial charge in [0.2, 0.25) is 10.0 Å². The van der Waals surface area contributed by atoms with E-state index in [-0.39, 0.29) is 4.90 Å². The van der Waals surface area contributed by atoms with Crippen molar-refractivity contribution in [1.29, 1.82) is 0 Å². The van der Waals surface area contributed by atoms with Gasteiger partial charge in [-0.1, -0.05) is 24.1 Å². The van der Waals surface area contributed by atoms with Crippen molar-refractivity contribution in [2.75, 3.05) is 18.0 Å². The maximum absolute atomic E-state index is 11.9. The summed E-state index contributed by atoms with van der Waals surface area (Å²) < 4.78 is 30.1. The van der Waals surface area contributed by atoms with Crippen molar-refractivity contribution < 1.29 is 13.2 Å². The molecule has 0 aromatic heterocycles. The summed E-state index contributed by atoms with van der Waals surface area (Å²) in [5.41, 5.74) is 3.15. The molecule has 156 valence electrons. The minimum atomic E-state index is -3.77. The van der Waals surface area contributed by atoms with Crippen LogP contribution in [0, 0.1) is 5.92 Å². The average Bonchev–Trinajstić information content (AvgIpc) is 2.67. The lowest BCUT2D eigenvalue weighted by atomic mass is 9.85. The Morgan fingerprint density at radius 3 is 2.62 bits per heavy atom. The lowest BCUT2D eigenvalue weighted by Gasteiger charge is -2.34. The number of ether oxygens (including phenoxy) is 1. The molecule has 0 unspecified atom stereocenters. The van der Waals surface area contributed by atoms with Crippen LogP contribution in [0.4, 0.5) is 5.69 Å². The van der Waals surface area contributed by atoms with Crippen molar-refractivity contribution in [2.24, 2.45) is 11.1 Å². The maximum atomic E-state index is 11.9. The second-order valence-electron chi connectivity index (χ2n) is 8.08. The van der Waals surface area contributed by atoms with Gasteiger partial charge < -0.3 is 9.64 Å². The Morgan fingerprint density at radius 1 is 1.07 bits per heavy atom. The topological polar surface area (TPSA) is 72.6 Å². The van der Waals surface area contributed by atoms with E-state index in [4.69, 9.17) is 21.5 Å². The summed E-state index contributed by atoms with van der Waals surface area (Å²) >= 11 is 6.20. The van der Waals surface area contributed by atoms with Crippen LogP contribution in [0.5, 0.6) is 5.75 Å². The number of nitrogens with two attached hydrogens (primary N) is 1. The Kier molecular flexibility index (Phi) is 6.04. The Bertz CT molecular complexity index is 990. The summed E-state index contributed by atoms with van der Waals surface area (Å²) in [6.07, 6.45) is 6.73. The van der Waals surface area contributed by atoms with Gasteiger partial charge in [0.05, 0.1) is 10.6 Å². The van der Waals surface area contributed by atoms with E-state index in [1.54, 1.807) is 12.1 Å². The molecule has 2 aliphatic rings. The quantitative estimate of drug-likeness (QED) is 0.771. The third-order valence-electron chi connectivity index (χ3n) is 5.98. The first-order chi connectivity index (χ1) is 13.9. The van der Waals surface area contributed by atoms with E-state index < -0.39 is 10.0 Å². The Morgan fingerprint density at radius 2 is 1.90 bits per heavy atom. The number of rotatable bonds is 3. The molecule has 29 heavy (non-hydrogen) atoms. The lowest BCUT2D eigenvalue weighted by Crippen LogP contribution is -2.34. The average molecular weight is 435 g/mol. The standard InChI is InChI=1S/C22H27ClN2O3S/c23-19-8-7-18-15-28-22-10-9-20(29(24,26)27)13-21(22)25(14-16-4-3-5-16)11-2-1-6-17(18)12-19/h7-10,12-13,16H,1-6,11,14-15H2,(H2,24,26,27). The molecule has 1 saturated carbocycles. The number of sulfonamides is 1. The highest BCUT2D eigenvalue weighted by molar-refractivity contribution is 7.89. The first-order valence-electron chi connectivity index (χ1n) is 10.2. The largest absolute Gasteiger partial charge is 0.487 e. The molecule has 0 radical (unpaired) electrons. The number of aryl methyl sites for hydroxylation is 1. The summed E-state index contributed by atoms with van der Waals surface area (Å²) in [6, 6.07) is 10.9. The van der Waals surface area contributed by atoms with Gasteiger partial charge >= 0.3 is 0 Å². The van der Waals surface area contributed by atoms with E-state index in [0.29, 0.717) is 18.3 Å². The predicted molar refractivity (Wildman–Crippen MR) is 116 cm³/mol. The molecule has 0 amide bonds. The number of benzene rings is 2. The van der Waals surface area contributed by atoms with Gasteiger partial charge in [-0.15, -0.1) is 0 Å². The summed E-state index contributed by atoms with van der Waals surface area (Å²) in [4.78, 5) is 2.41. The highest BCUT2D eigenvalue weighted by atomic mass is 35.5.